The molecule has 0 radical (unpaired) electrons. The first kappa shape index (κ1) is 24.7. The van der Waals surface area contributed by atoms with Gasteiger partial charge >= 0.3 is 6.03 Å². The van der Waals surface area contributed by atoms with Crippen molar-refractivity contribution in [2.24, 2.45) is 0 Å². The minimum absolute atomic E-state index is 0.175. The van der Waals surface area contributed by atoms with Crippen molar-refractivity contribution in [1.29, 1.82) is 0 Å². The number of carbonyl (C=O) groups is 3. The fourth-order valence-electron chi connectivity index (χ4n) is 4.23. The van der Waals surface area contributed by atoms with Crippen molar-refractivity contribution >= 4 is 67.9 Å². The molecule has 4 aromatic rings. The highest BCUT2D eigenvalue weighted by molar-refractivity contribution is 9.10. The molecule has 4 amide bonds. The van der Waals surface area contributed by atoms with Gasteiger partial charge in [0.05, 0.1) is 5.69 Å². The van der Waals surface area contributed by atoms with Gasteiger partial charge in [-0.15, -0.1) is 0 Å². The summed E-state index contributed by atoms with van der Waals surface area (Å²) in [6, 6.07) is 23.0. The maximum absolute atomic E-state index is 13.6. The molecule has 1 fully saturated rings. The van der Waals surface area contributed by atoms with E-state index in [0.717, 1.165) is 25.7 Å². The van der Waals surface area contributed by atoms with Crippen LogP contribution >= 0.6 is 27.5 Å². The number of fused-ring (bicyclic) bond motifs is 1. The van der Waals surface area contributed by atoms with Crippen LogP contribution < -0.4 is 15.0 Å². The average Bonchev–Trinajstić information content (AvgIpc) is 2.87. The van der Waals surface area contributed by atoms with Gasteiger partial charge < -0.3 is 4.74 Å². The van der Waals surface area contributed by atoms with Crippen LogP contribution in [0.4, 0.5) is 10.5 Å². The van der Waals surface area contributed by atoms with Crippen LogP contribution in [-0.2, 0) is 16.2 Å². The lowest BCUT2D eigenvalue weighted by atomic mass is 9.99. The number of nitrogens with one attached hydrogen (secondary N) is 1. The number of ether oxygens (including phenoxy) is 1. The first-order chi connectivity index (χ1) is 17.8. The van der Waals surface area contributed by atoms with Crippen LogP contribution in [0, 0.1) is 6.92 Å². The second kappa shape index (κ2) is 10.2. The van der Waals surface area contributed by atoms with Gasteiger partial charge in [0, 0.05) is 15.1 Å². The topological polar surface area (TPSA) is 75.7 Å². The summed E-state index contributed by atoms with van der Waals surface area (Å²) < 4.78 is 6.94. The molecule has 1 saturated heterocycles. The molecule has 0 aliphatic carbocycles. The summed E-state index contributed by atoms with van der Waals surface area (Å²) >= 11 is 9.50. The molecular formula is C29H20BrClN2O4. The summed E-state index contributed by atoms with van der Waals surface area (Å²) in [5, 5.41) is 4.59. The van der Waals surface area contributed by atoms with E-state index in [2.05, 4.69) is 21.2 Å². The predicted octanol–water partition coefficient (Wildman–Crippen LogP) is 6.81. The number of urea groups is 1. The van der Waals surface area contributed by atoms with Gasteiger partial charge in [-0.25, -0.2) is 9.69 Å². The minimum atomic E-state index is -0.798. The van der Waals surface area contributed by atoms with Crippen LogP contribution in [0.3, 0.4) is 0 Å². The molecule has 184 valence electrons. The lowest BCUT2D eigenvalue weighted by Crippen LogP contribution is -2.54. The number of barbiturate groups is 1. The monoisotopic (exact) mass is 574 g/mol. The summed E-state index contributed by atoms with van der Waals surface area (Å²) in [6.07, 6.45) is 1.49. The molecule has 1 aliphatic rings. The SMILES string of the molecule is Cc1cc(Br)ccc1N1C(=O)NC(=O)/C(=C/c2c(OCc3cccc(Cl)c3)ccc3ccccc23)C1=O. The Morgan fingerprint density at radius 1 is 0.973 bits per heavy atom. The Balaban J connectivity index is 1.59. The summed E-state index contributed by atoms with van der Waals surface area (Å²) in [4.78, 5) is 40.1. The molecular weight excluding hydrogens is 556 g/mol. The van der Waals surface area contributed by atoms with Gasteiger partial charge in [0.1, 0.15) is 17.9 Å². The predicted molar refractivity (Wildman–Crippen MR) is 148 cm³/mol. The van der Waals surface area contributed by atoms with E-state index in [1.165, 1.54) is 6.08 Å². The summed E-state index contributed by atoms with van der Waals surface area (Å²) in [6.45, 7) is 2.02. The van der Waals surface area contributed by atoms with E-state index in [-0.39, 0.29) is 12.2 Å². The van der Waals surface area contributed by atoms with Crippen LogP contribution in [0.15, 0.2) is 88.9 Å². The molecule has 0 saturated carbocycles. The molecule has 1 aliphatic heterocycles. The molecule has 0 atom stereocenters. The molecule has 5 rings (SSSR count). The molecule has 1 N–H and O–H groups in total. The average molecular weight is 576 g/mol. The molecule has 1 heterocycles. The summed E-state index contributed by atoms with van der Waals surface area (Å²) in [5.41, 5.74) is 2.33. The third kappa shape index (κ3) is 5.01. The van der Waals surface area contributed by atoms with Gasteiger partial charge in [0.2, 0.25) is 0 Å². The number of carbonyl (C=O) groups excluding carboxylic acids is 3. The quantitative estimate of drug-likeness (QED) is 0.210. The Kier molecular flexibility index (Phi) is 6.82. The second-order valence-corrected chi connectivity index (χ2v) is 9.86. The smallest absolute Gasteiger partial charge is 0.335 e. The fraction of sp³-hybridized carbons (Fsp3) is 0.0690. The van der Waals surface area contributed by atoms with Gasteiger partial charge in [-0.2, -0.15) is 0 Å². The zero-order chi connectivity index (χ0) is 26.1. The number of benzene rings is 4. The van der Waals surface area contributed by atoms with Crippen molar-refractivity contribution in [3.8, 4) is 5.75 Å². The van der Waals surface area contributed by atoms with E-state index in [4.69, 9.17) is 16.3 Å². The van der Waals surface area contributed by atoms with Crippen LogP contribution in [0.1, 0.15) is 16.7 Å². The van der Waals surface area contributed by atoms with E-state index >= 15 is 0 Å². The summed E-state index contributed by atoms with van der Waals surface area (Å²) in [5.74, 6) is -1.00. The van der Waals surface area contributed by atoms with Crippen LogP contribution in [0.2, 0.25) is 5.02 Å². The molecule has 6 nitrogen and oxygen atoms in total. The van der Waals surface area contributed by atoms with Crippen LogP contribution in [0.25, 0.3) is 16.8 Å². The Morgan fingerprint density at radius 3 is 2.57 bits per heavy atom. The lowest BCUT2D eigenvalue weighted by Gasteiger charge is -2.27. The highest BCUT2D eigenvalue weighted by atomic mass is 79.9. The Bertz CT molecular complexity index is 1620. The van der Waals surface area contributed by atoms with Gasteiger partial charge in [-0.05, 0) is 71.3 Å². The van der Waals surface area contributed by atoms with Crippen molar-refractivity contribution in [3.05, 3.63) is 111 Å². The first-order valence-electron chi connectivity index (χ1n) is 11.4. The number of anilines is 1. The number of imide groups is 2. The third-order valence-corrected chi connectivity index (χ3v) is 6.73. The van der Waals surface area contributed by atoms with E-state index in [0.29, 0.717) is 27.6 Å². The zero-order valence-corrected chi connectivity index (χ0v) is 22.0. The molecule has 4 aromatic carbocycles. The van der Waals surface area contributed by atoms with Gasteiger partial charge in [-0.3, -0.25) is 14.9 Å². The molecule has 0 aromatic heterocycles. The normalized spacial score (nSPS) is 14.8. The van der Waals surface area contributed by atoms with E-state index in [1.54, 1.807) is 37.3 Å². The molecule has 8 heteroatoms. The maximum atomic E-state index is 13.6. The highest BCUT2D eigenvalue weighted by Gasteiger charge is 2.37. The van der Waals surface area contributed by atoms with Crippen molar-refractivity contribution in [2.75, 3.05) is 4.90 Å². The third-order valence-electron chi connectivity index (χ3n) is 6.00. The van der Waals surface area contributed by atoms with E-state index in [9.17, 15) is 14.4 Å². The maximum Gasteiger partial charge on any atom is 0.335 e. The van der Waals surface area contributed by atoms with Crippen molar-refractivity contribution in [2.45, 2.75) is 13.5 Å². The fourth-order valence-corrected chi connectivity index (χ4v) is 4.92. The highest BCUT2D eigenvalue weighted by Crippen LogP contribution is 2.33. The molecule has 0 bridgehead atoms. The number of aryl methyl sites for hydroxylation is 1. The minimum Gasteiger partial charge on any atom is -0.488 e. The largest absolute Gasteiger partial charge is 0.488 e. The Hall–Kier alpha value is -3.94. The van der Waals surface area contributed by atoms with Crippen molar-refractivity contribution in [3.63, 3.8) is 0 Å². The zero-order valence-electron chi connectivity index (χ0n) is 19.6. The van der Waals surface area contributed by atoms with Crippen molar-refractivity contribution < 1.29 is 19.1 Å². The first-order valence-corrected chi connectivity index (χ1v) is 12.6. The Labute approximate surface area is 226 Å². The standard InChI is InChI=1S/C29H20BrClN2O4/c1-17-13-20(30)10-11-25(17)33-28(35)24(27(34)32-29(33)36)15-23-22-8-3-2-6-19(22)9-12-26(23)37-16-18-5-4-7-21(31)14-18/h2-15H,16H2,1H3,(H,32,34,36)/b24-15-. The van der Waals surface area contributed by atoms with Gasteiger partial charge in [0.25, 0.3) is 11.8 Å². The van der Waals surface area contributed by atoms with Gasteiger partial charge in [-0.1, -0.05) is 70.0 Å². The van der Waals surface area contributed by atoms with E-state index in [1.807, 2.05) is 48.5 Å². The number of amides is 4. The number of nitrogens with zero attached hydrogens (tertiary/aromatic N) is 1. The number of halogens is 2. The van der Waals surface area contributed by atoms with Crippen LogP contribution in [-0.4, -0.2) is 17.8 Å². The number of hydrogen-bond donors (Lipinski definition) is 1. The molecule has 37 heavy (non-hydrogen) atoms. The van der Waals surface area contributed by atoms with Crippen molar-refractivity contribution in [1.82, 2.24) is 5.32 Å². The summed E-state index contributed by atoms with van der Waals surface area (Å²) in [7, 11) is 0. The number of rotatable bonds is 5. The molecule has 0 unspecified atom stereocenters. The van der Waals surface area contributed by atoms with E-state index < -0.39 is 17.8 Å². The number of hydrogen-bond acceptors (Lipinski definition) is 4. The van der Waals surface area contributed by atoms with Crippen LogP contribution in [0.5, 0.6) is 5.75 Å². The van der Waals surface area contributed by atoms with Gasteiger partial charge in [0.15, 0.2) is 0 Å². The second-order valence-electron chi connectivity index (χ2n) is 8.51. The lowest BCUT2D eigenvalue weighted by molar-refractivity contribution is -0.122. The Morgan fingerprint density at radius 2 is 1.78 bits per heavy atom. The molecule has 0 spiro atoms.